The maximum atomic E-state index is 12.6. The number of benzene rings is 2. The standard InChI is InChI=1S/C20H18N2O5/c1-14(20(24)21-12-11-16-6-2-3-8-18(16)21)27-19(23)10-9-15-5-4-7-17(13-15)22(25)26/h2-10,13-14H,11-12H2,1H3/b10-9+/t14-/m1/s1. The quantitative estimate of drug-likeness (QED) is 0.351. The van der Waals surface area contributed by atoms with Crippen molar-refractivity contribution in [1.29, 1.82) is 0 Å². The number of rotatable bonds is 5. The molecule has 3 rings (SSSR count). The van der Waals surface area contributed by atoms with Gasteiger partial charge in [0.2, 0.25) is 0 Å². The van der Waals surface area contributed by atoms with Crippen LogP contribution in [0.3, 0.4) is 0 Å². The summed E-state index contributed by atoms with van der Waals surface area (Å²) in [5.41, 5.74) is 2.36. The Morgan fingerprint density at radius 2 is 2.00 bits per heavy atom. The SMILES string of the molecule is C[C@@H](OC(=O)/C=C/c1cccc([N+](=O)[O-])c1)C(=O)N1CCc2ccccc21. The first kappa shape index (κ1) is 18.3. The molecule has 0 aromatic heterocycles. The number of fused-ring (bicyclic) bond motifs is 1. The number of amides is 1. The van der Waals surface area contributed by atoms with E-state index in [1.807, 2.05) is 24.3 Å². The predicted octanol–water partition coefficient (Wildman–Crippen LogP) is 3.13. The van der Waals surface area contributed by atoms with E-state index in [4.69, 9.17) is 4.74 Å². The molecule has 1 atom stereocenters. The van der Waals surface area contributed by atoms with Crippen molar-refractivity contribution in [3.63, 3.8) is 0 Å². The van der Waals surface area contributed by atoms with E-state index in [9.17, 15) is 19.7 Å². The fraction of sp³-hybridized carbons (Fsp3) is 0.200. The average molecular weight is 366 g/mol. The number of anilines is 1. The first-order valence-corrected chi connectivity index (χ1v) is 8.48. The van der Waals surface area contributed by atoms with Gasteiger partial charge in [-0.3, -0.25) is 14.9 Å². The number of carbonyl (C=O) groups is 2. The van der Waals surface area contributed by atoms with Crippen LogP contribution in [0.2, 0.25) is 0 Å². The van der Waals surface area contributed by atoms with Crippen molar-refractivity contribution < 1.29 is 19.2 Å². The van der Waals surface area contributed by atoms with Crippen LogP contribution in [-0.4, -0.2) is 29.4 Å². The van der Waals surface area contributed by atoms with Gasteiger partial charge < -0.3 is 9.64 Å². The van der Waals surface area contributed by atoms with Gasteiger partial charge in [0, 0.05) is 30.4 Å². The Morgan fingerprint density at radius 3 is 2.78 bits per heavy atom. The van der Waals surface area contributed by atoms with Crippen molar-refractivity contribution >= 4 is 29.3 Å². The lowest BCUT2D eigenvalue weighted by atomic mass is 10.2. The molecule has 27 heavy (non-hydrogen) atoms. The summed E-state index contributed by atoms with van der Waals surface area (Å²) in [6, 6.07) is 13.5. The molecule has 2 aromatic carbocycles. The largest absolute Gasteiger partial charge is 0.449 e. The van der Waals surface area contributed by atoms with Gasteiger partial charge in [0.1, 0.15) is 0 Å². The van der Waals surface area contributed by atoms with Crippen LogP contribution in [0.5, 0.6) is 0 Å². The molecule has 0 bridgehead atoms. The number of nitro groups is 1. The molecule has 7 heteroatoms. The van der Waals surface area contributed by atoms with Crippen LogP contribution in [0.4, 0.5) is 11.4 Å². The highest BCUT2D eigenvalue weighted by molar-refractivity contribution is 6.00. The van der Waals surface area contributed by atoms with Crippen molar-refractivity contribution in [3.05, 3.63) is 75.8 Å². The third-order valence-corrected chi connectivity index (χ3v) is 4.29. The van der Waals surface area contributed by atoms with Gasteiger partial charge in [-0.15, -0.1) is 0 Å². The second-order valence-electron chi connectivity index (χ2n) is 6.13. The second-order valence-corrected chi connectivity index (χ2v) is 6.13. The minimum Gasteiger partial charge on any atom is -0.449 e. The number of para-hydroxylation sites is 1. The van der Waals surface area contributed by atoms with E-state index in [1.165, 1.54) is 31.2 Å². The van der Waals surface area contributed by atoms with Crippen molar-refractivity contribution in [2.45, 2.75) is 19.4 Å². The van der Waals surface area contributed by atoms with E-state index in [0.717, 1.165) is 23.7 Å². The molecule has 0 saturated heterocycles. The predicted molar refractivity (Wildman–Crippen MR) is 100 cm³/mol. The normalized spacial score (nSPS) is 14.0. The van der Waals surface area contributed by atoms with Crippen LogP contribution in [0.1, 0.15) is 18.1 Å². The summed E-state index contributed by atoms with van der Waals surface area (Å²) < 4.78 is 5.19. The first-order valence-electron chi connectivity index (χ1n) is 8.48. The zero-order valence-corrected chi connectivity index (χ0v) is 14.7. The van der Waals surface area contributed by atoms with E-state index in [-0.39, 0.29) is 11.6 Å². The Kier molecular flexibility index (Phi) is 5.30. The summed E-state index contributed by atoms with van der Waals surface area (Å²) in [5.74, 6) is -0.966. The molecular weight excluding hydrogens is 348 g/mol. The number of nitrogens with zero attached hydrogens (tertiary/aromatic N) is 2. The van der Waals surface area contributed by atoms with Gasteiger partial charge in [-0.05, 0) is 36.6 Å². The summed E-state index contributed by atoms with van der Waals surface area (Å²) in [5, 5.41) is 10.8. The average Bonchev–Trinajstić information content (AvgIpc) is 3.10. The van der Waals surface area contributed by atoms with Gasteiger partial charge in [0.05, 0.1) is 4.92 Å². The Hall–Kier alpha value is -3.48. The van der Waals surface area contributed by atoms with Gasteiger partial charge in [0.25, 0.3) is 11.6 Å². The van der Waals surface area contributed by atoms with E-state index in [1.54, 1.807) is 11.0 Å². The Morgan fingerprint density at radius 1 is 1.22 bits per heavy atom. The van der Waals surface area contributed by atoms with Crippen LogP contribution >= 0.6 is 0 Å². The minimum atomic E-state index is -0.932. The maximum absolute atomic E-state index is 12.6. The number of esters is 1. The van der Waals surface area contributed by atoms with Crippen molar-refractivity contribution in [3.8, 4) is 0 Å². The number of nitro benzene ring substituents is 1. The Bertz CT molecular complexity index is 922. The molecule has 0 saturated carbocycles. The van der Waals surface area contributed by atoms with Gasteiger partial charge >= 0.3 is 5.97 Å². The minimum absolute atomic E-state index is 0.0678. The third-order valence-electron chi connectivity index (χ3n) is 4.29. The Labute approximate surface area is 156 Å². The summed E-state index contributed by atoms with van der Waals surface area (Å²) in [7, 11) is 0. The molecule has 0 aliphatic carbocycles. The first-order chi connectivity index (χ1) is 13.0. The molecule has 2 aromatic rings. The molecule has 1 amide bonds. The molecule has 0 unspecified atom stereocenters. The van der Waals surface area contributed by atoms with Crippen LogP contribution in [0.15, 0.2) is 54.6 Å². The molecule has 1 aliphatic rings. The fourth-order valence-corrected chi connectivity index (χ4v) is 2.96. The molecular formula is C20H18N2O5. The summed E-state index contributed by atoms with van der Waals surface area (Å²) in [4.78, 5) is 36.5. The molecule has 0 N–H and O–H groups in total. The van der Waals surface area contributed by atoms with E-state index < -0.39 is 17.0 Å². The highest BCUT2D eigenvalue weighted by Gasteiger charge is 2.29. The zero-order chi connectivity index (χ0) is 19.4. The molecule has 138 valence electrons. The Balaban J connectivity index is 1.62. The monoisotopic (exact) mass is 366 g/mol. The van der Waals surface area contributed by atoms with Gasteiger partial charge in [-0.25, -0.2) is 4.79 Å². The molecule has 0 spiro atoms. The smallest absolute Gasteiger partial charge is 0.331 e. The van der Waals surface area contributed by atoms with E-state index >= 15 is 0 Å². The van der Waals surface area contributed by atoms with Crippen LogP contribution in [-0.2, 0) is 20.7 Å². The van der Waals surface area contributed by atoms with Gasteiger partial charge in [0.15, 0.2) is 6.10 Å². The second kappa shape index (κ2) is 7.82. The number of carbonyl (C=O) groups excluding carboxylic acids is 2. The van der Waals surface area contributed by atoms with Gasteiger partial charge in [-0.2, -0.15) is 0 Å². The highest BCUT2D eigenvalue weighted by Crippen LogP contribution is 2.28. The van der Waals surface area contributed by atoms with Crippen LogP contribution in [0, 0.1) is 10.1 Å². The molecule has 1 heterocycles. The van der Waals surface area contributed by atoms with Gasteiger partial charge in [-0.1, -0.05) is 30.3 Å². The topological polar surface area (TPSA) is 89.7 Å². The maximum Gasteiger partial charge on any atom is 0.331 e. The molecule has 0 radical (unpaired) electrons. The number of hydrogen-bond donors (Lipinski definition) is 0. The lowest BCUT2D eigenvalue weighted by Gasteiger charge is -2.21. The fourth-order valence-electron chi connectivity index (χ4n) is 2.96. The van der Waals surface area contributed by atoms with Crippen molar-refractivity contribution in [2.24, 2.45) is 0 Å². The van der Waals surface area contributed by atoms with Crippen molar-refractivity contribution in [2.75, 3.05) is 11.4 Å². The van der Waals surface area contributed by atoms with Crippen LogP contribution < -0.4 is 4.90 Å². The third kappa shape index (κ3) is 4.20. The van der Waals surface area contributed by atoms with Crippen molar-refractivity contribution in [1.82, 2.24) is 0 Å². The van der Waals surface area contributed by atoms with E-state index in [2.05, 4.69) is 0 Å². The number of hydrogen-bond acceptors (Lipinski definition) is 5. The van der Waals surface area contributed by atoms with Crippen LogP contribution in [0.25, 0.3) is 6.08 Å². The highest BCUT2D eigenvalue weighted by atomic mass is 16.6. The number of ether oxygens (including phenoxy) is 1. The summed E-state index contributed by atoms with van der Waals surface area (Å²) >= 11 is 0. The lowest BCUT2D eigenvalue weighted by Crippen LogP contribution is -2.38. The molecule has 7 nitrogen and oxygen atoms in total. The summed E-state index contributed by atoms with van der Waals surface area (Å²) in [6.07, 6.45) is 2.41. The summed E-state index contributed by atoms with van der Waals surface area (Å²) in [6.45, 7) is 2.09. The lowest BCUT2D eigenvalue weighted by molar-refractivity contribution is -0.384. The molecule has 0 fully saturated rings. The van der Waals surface area contributed by atoms with E-state index in [0.29, 0.717) is 12.1 Å². The number of non-ortho nitro benzene ring substituents is 1. The zero-order valence-electron chi connectivity index (χ0n) is 14.7. The molecule has 1 aliphatic heterocycles.